The highest BCUT2D eigenvalue weighted by molar-refractivity contribution is 5.88. The van der Waals surface area contributed by atoms with Crippen molar-refractivity contribution in [3.63, 3.8) is 0 Å². The first kappa shape index (κ1) is 23.1. The van der Waals surface area contributed by atoms with Crippen LogP contribution in [0.2, 0.25) is 0 Å². The van der Waals surface area contributed by atoms with E-state index in [-0.39, 0.29) is 11.8 Å². The van der Waals surface area contributed by atoms with Crippen LogP contribution in [0.5, 0.6) is 5.75 Å². The molecular weight excluding hydrogens is 400 g/mol. The number of aryl methyl sites for hydroxylation is 1. The van der Waals surface area contributed by atoms with E-state index in [0.717, 1.165) is 22.4 Å². The first-order valence-electron chi connectivity index (χ1n) is 10.8. The van der Waals surface area contributed by atoms with Crippen molar-refractivity contribution in [2.75, 3.05) is 7.11 Å². The zero-order valence-corrected chi connectivity index (χ0v) is 18.9. The molecule has 0 aromatic heterocycles. The number of methoxy groups -OCH3 is 1. The molecule has 0 radical (unpaired) electrons. The van der Waals surface area contributed by atoms with Gasteiger partial charge in [0.15, 0.2) is 0 Å². The summed E-state index contributed by atoms with van der Waals surface area (Å²) in [6.45, 7) is 4.57. The molecule has 3 aromatic carbocycles. The first-order valence-corrected chi connectivity index (χ1v) is 10.8. The molecule has 5 nitrogen and oxygen atoms in total. The molecular formula is C27H30N2O3. The fourth-order valence-electron chi connectivity index (χ4n) is 3.55. The number of ether oxygens (including phenoxy) is 1. The minimum atomic E-state index is -0.726. The summed E-state index contributed by atoms with van der Waals surface area (Å²) in [7, 11) is 1.62. The minimum absolute atomic E-state index is 0.0832. The molecule has 0 saturated heterocycles. The molecule has 5 heteroatoms. The van der Waals surface area contributed by atoms with E-state index in [1.165, 1.54) is 5.56 Å². The number of carbonyl (C=O) groups is 2. The van der Waals surface area contributed by atoms with E-state index in [1.807, 2.05) is 92.7 Å². The van der Waals surface area contributed by atoms with Crippen molar-refractivity contribution in [1.29, 1.82) is 0 Å². The summed E-state index contributed by atoms with van der Waals surface area (Å²) in [5.74, 6) is 0.463. The number of benzene rings is 3. The van der Waals surface area contributed by atoms with Crippen molar-refractivity contribution in [3.05, 3.63) is 101 Å². The molecule has 0 aliphatic rings. The minimum Gasteiger partial charge on any atom is -0.497 e. The summed E-state index contributed by atoms with van der Waals surface area (Å²) < 4.78 is 5.23. The van der Waals surface area contributed by atoms with Crippen LogP contribution in [0, 0.1) is 6.92 Å². The fraction of sp³-hybridized carbons (Fsp3) is 0.259. The zero-order chi connectivity index (χ0) is 22.9. The second-order valence-corrected chi connectivity index (χ2v) is 7.74. The van der Waals surface area contributed by atoms with Gasteiger partial charge in [-0.15, -0.1) is 0 Å². The van der Waals surface area contributed by atoms with Crippen LogP contribution in [-0.2, 0) is 22.7 Å². The molecule has 0 heterocycles. The second-order valence-electron chi connectivity index (χ2n) is 7.74. The van der Waals surface area contributed by atoms with Gasteiger partial charge < -0.3 is 15.0 Å². The molecule has 32 heavy (non-hydrogen) atoms. The molecule has 0 fully saturated rings. The Balaban J connectivity index is 1.88. The van der Waals surface area contributed by atoms with Gasteiger partial charge in [0.1, 0.15) is 11.8 Å². The van der Waals surface area contributed by atoms with E-state index in [4.69, 9.17) is 4.74 Å². The van der Waals surface area contributed by atoms with E-state index in [2.05, 4.69) is 5.32 Å². The summed E-state index contributed by atoms with van der Waals surface area (Å²) >= 11 is 0. The van der Waals surface area contributed by atoms with Crippen LogP contribution >= 0.6 is 0 Å². The average molecular weight is 431 g/mol. The lowest BCUT2D eigenvalue weighted by atomic mass is 10.0. The van der Waals surface area contributed by atoms with Gasteiger partial charge in [0.05, 0.1) is 7.11 Å². The Morgan fingerprint density at radius 1 is 0.906 bits per heavy atom. The second kappa shape index (κ2) is 11.1. The SMILES string of the molecule is CCC(=O)N(Cc1ccc(OC)cc1)[C@@H](C(=O)NCc1ccc(C)cc1)c1ccccc1. The lowest BCUT2D eigenvalue weighted by Gasteiger charge is -2.31. The van der Waals surface area contributed by atoms with Gasteiger partial charge in [0, 0.05) is 19.5 Å². The predicted molar refractivity (Wildman–Crippen MR) is 126 cm³/mol. The van der Waals surface area contributed by atoms with Gasteiger partial charge in [0.2, 0.25) is 11.8 Å². The molecule has 0 spiro atoms. The fourth-order valence-corrected chi connectivity index (χ4v) is 3.55. The Bertz CT molecular complexity index is 1020. The van der Waals surface area contributed by atoms with E-state index in [1.54, 1.807) is 12.0 Å². The molecule has 0 unspecified atom stereocenters. The molecule has 2 amide bonds. The molecule has 0 aliphatic carbocycles. The number of rotatable bonds is 9. The van der Waals surface area contributed by atoms with Gasteiger partial charge in [-0.3, -0.25) is 9.59 Å². The van der Waals surface area contributed by atoms with Crippen molar-refractivity contribution in [2.45, 2.75) is 39.4 Å². The molecule has 3 aromatic rings. The van der Waals surface area contributed by atoms with Crippen LogP contribution in [0.4, 0.5) is 0 Å². The topological polar surface area (TPSA) is 58.6 Å². The maximum atomic E-state index is 13.4. The Labute approximate surface area is 190 Å². The highest BCUT2D eigenvalue weighted by Crippen LogP contribution is 2.25. The summed E-state index contributed by atoms with van der Waals surface area (Å²) in [4.78, 5) is 28.1. The Hall–Kier alpha value is -3.60. The first-order chi connectivity index (χ1) is 15.5. The van der Waals surface area contributed by atoms with E-state index >= 15 is 0 Å². The maximum Gasteiger partial charge on any atom is 0.247 e. The predicted octanol–water partition coefficient (Wildman–Crippen LogP) is 4.80. The van der Waals surface area contributed by atoms with Crippen molar-refractivity contribution in [1.82, 2.24) is 10.2 Å². The van der Waals surface area contributed by atoms with Gasteiger partial charge in [-0.05, 0) is 35.7 Å². The molecule has 0 saturated carbocycles. The Kier molecular flexibility index (Phi) is 8.03. The van der Waals surface area contributed by atoms with Crippen molar-refractivity contribution in [3.8, 4) is 5.75 Å². The number of carbonyl (C=O) groups excluding carboxylic acids is 2. The Morgan fingerprint density at radius 2 is 1.53 bits per heavy atom. The van der Waals surface area contributed by atoms with Crippen molar-refractivity contribution >= 4 is 11.8 Å². The number of nitrogens with zero attached hydrogens (tertiary/aromatic N) is 1. The normalized spacial score (nSPS) is 11.5. The van der Waals surface area contributed by atoms with Gasteiger partial charge in [0.25, 0.3) is 0 Å². The third kappa shape index (κ3) is 5.97. The summed E-state index contributed by atoms with van der Waals surface area (Å²) in [6.07, 6.45) is 0.310. The standard InChI is InChI=1S/C27H30N2O3/c1-4-25(30)29(19-22-14-16-24(32-3)17-15-22)26(23-8-6-5-7-9-23)27(31)28-18-21-12-10-20(2)11-13-21/h5-17,26H,4,18-19H2,1-3H3,(H,28,31)/t26-/m1/s1. The zero-order valence-electron chi connectivity index (χ0n) is 18.9. The summed E-state index contributed by atoms with van der Waals surface area (Å²) in [5, 5.41) is 3.03. The quantitative estimate of drug-likeness (QED) is 0.531. The van der Waals surface area contributed by atoms with Crippen LogP contribution in [-0.4, -0.2) is 23.8 Å². The smallest absolute Gasteiger partial charge is 0.247 e. The highest BCUT2D eigenvalue weighted by atomic mass is 16.5. The summed E-state index contributed by atoms with van der Waals surface area (Å²) in [6, 6.07) is 24.3. The van der Waals surface area contributed by atoms with Gasteiger partial charge in [-0.1, -0.05) is 79.2 Å². The molecule has 0 aliphatic heterocycles. The van der Waals surface area contributed by atoms with Crippen LogP contribution in [0.15, 0.2) is 78.9 Å². The van der Waals surface area contributed by atoms with Gasteiger partial charge >= 0.3 is 0 Å². The largest absolute Gasteiger partial charge is 0.497 e. The number of nitrogens with one attached hydrogen (secondary N) is 1. The molecule has 1 N–H and O–H groups in total. The molecule has 1 atom stereocenters. The third-order valence-corrected chi connectivity index (χ3v) is 5.40. The maximum absolute atomic E-state index is 13.4. The summed E-state index contributed by atoms with van der Waals surface area (Å²) in [5.41, 5.74) is 3.89. The van der Waals surface area contributed by atoms with Crippen LogP contribution in [0.25, 0.3) is 0 Å². The molecule has 166 valence electrons. The number of hydrogen-bond donors (Lipinski definition) is 1. The molecule has 0 bridgehead atoms. The average Bonchev–Trinajstić information content (AvgIpc) is 2.84. The monoisotopic (exact) mass is 430 g/mol. The van der Waals surface area contributed by atoms with Gasteiger partial charge in [-0.25, -0.2) is 0 Å². The lowest BCUT2D eigenvalue weighted by Crippen LogP contribution is -2.43. The van der Waals surface area contributed by atoms with Crippen LogP contribution in [0.1, 0.15) is 41.6 Å². The Morgan fingerprint density at radius 3 is 2.12 bits per heavy atom. The van der Waals surface area contributed by atoms with Crippen LogP contribution < -0.4 is 10.1 Å². The molecule has 3 rings (SSSR count). The van der Waals surface area contributed by atoms with Crippen LogP contribution in [0.3, 0.4) is 0 Å². The van der Waals surface area contributed by atoms with Crippen molar-refractivity contribution in [2.24, 2.45) is 0 Å². The lowest BCUT2D eigenvalue weighted by molar-refractivity contribution is -0.141. The van der Waals surface area contributed by atoms with E-state index in [9.17, 15) is 9.59 Å². The number of hydrogen-bond acceptors (Lipinski definition) is 3. The van der Waals surface area contributed by atoms with E-state index in [0.29, 0.717) is 19.5 Å². The highest BCUT2D eigenvalue weighted by Gasteiger charge is 2.30. The number of amides is 2. The van der Waals surface area contributed by atoms with E-state index < -0.39 is 6.04 Å². The third-order valence-electron chi connectivity index (χ3n) is 5.40. The van der Waals surface area contributed by atoms with Gasteiger partial charge in [-0.2, -0.15) is 0 Å². The van der Waals surface area contributed by atoms with Crippen molar-refractivity contribution < 1.29 is 14.3 Å².